The number of halogens is 1. The van der Waals surface area contributed by atoms with Crippen LogP contribution in [-0.4, -0.2) is 37.6 Å². The second kappa shape index (κ2) is 8.23. The number of carbonyl (C=O) groups is 1. The van der Waals surface area contributed by atoms with Gasteiger partial charge < -0.3 is 15.4 Å². The lowest BCUT2D eigenvalue weighted by molar-refractivity contribution is -0.118. The Hall–Kier alpha value is -1.85. The van der Waals surface area contributed by atoms with Gasteiger partial charge in [0, 0.05) is 22.9 Å². The number of amides is 1. The molecule has 1 saturated heterocycles. The van der Waals surface area contributed by atoms with Crippen LogP contribution in [0.5, 0.6) is 5.75 Å². The van der Waals surface area contributed by atoms with Crippen LogP contribution < -0.4 is 10.5 Å². The first-order valence-electron chi connectivity index (χ1n) is 8.95. The van der Waals surface area contributed by atoms with Crippen LogP contribution in [-0.2, 0) is 10.2 Å². The molecule has 26 heavy (non-hydrogen) atoms. The van der Waals surface area contributed by atoms with E-state index in [0.29, 0.717) is 6.42 Å². The van der Waals surface area contributed by atoms with E-state index in [4.69, 9.17) is 10.5 Å². The monoisotopic (exact) mass is 416 g/mol. The van der Waals surface area contributed by atoms with Crippen molar-refractivity contribution in [3.8, 4) is 5.75 Å². The van der Waals surface area contributed by atoms with Crippen LogP contribution in [0.2, 0.25) is 0 Å². The highest BCUT2D eigenvalue weighted by Gasteiger charge is 2.37. The maximum absolute atomic E-state index is 11.1. The van der Waals surface area contributed by atoms with Crippen LogP contribution in [0.4, 0.5) is 0 Å². The summed E-state index contributed by atoms with van der Waals surface area (Å²) in [7, 11) is 1.69. The van der Waals surface area contributed by atoms with Gasteiger partial charge in [-0.05, 0) is 61.3 Å². The summed E-state index contributed by atoms with van der Waals surface area (Å²) < 4.78 is 6.41. The molecule has 2 aromatic rings. The Bertz CT molecular complexity index is 736. The number of hydrogen-bond acceptors (Lipinski definition) is 3. The van der Waals surface area contributed by atoms with Gasteiger partial charge >= 0.3 is 0 Å². The van der Waals surface area contributed by atoms with Crippen LogP contribution in [0.3, 0.4) is 0 Å². The first-order chi connectivity index (χ1) is 12.5. The summed E-state index contributed by atoms with van der Waals surface area (Å²) in [5.74, 6) is 0.642. The molecule has 1 aliphatic rings. The number of rotatable bonds is 6. The van der Waals surface area contributed by atoms with Crippen molar-refractivity contribution in [3.63, 3.8) is 0 Å². The van der Waals surface area contributed by atoms with E-state index in [2.05, 4.69) is 57.2 Å². The van der Waals surface area contributed by atoms with Crippen molar-refractivity contribution < 1.29 is 9.53 Å². The third kappa shape index (κ3) is 4.10. The molecule has 1 heterocycles. The molecule has 0 spiro atoms. The first-order valence-corrected chi connectivity index (χ1v) is 9.74. The van der Waals surface area contributed by atoms with Crippen LogP contribution in [0.15, 0.2) is 53.0 Å². The Morgan fingerprint density at radius 3 is 2.12 bits per heavy atom. The van der Waals surface area contributed by atoms with Crippen molar-refractivity contribution in [1.29, 1.82) is 0 Å². The predicted molar refractivity (Wildman–Crippen MR) is 107 cm³/mol. The number of piperidine rings is 1. The molecule has 3 rings (SSSR count). The zero-order valence-electron chi connectivity index (χ0n) is 15.1. The smallest absolute Gasteiger partial charge is 0.218 e. The highest BCUT2D eigenvalue weighted by molar-refractivity contribution is 9.10. The van der Waals surface area contributed by atoms with Crippen molar-refractivity contribution in [1.82, 2.24) is 4.90 Å². The van der Waals surface area contributed by atoms with Crippen molar-refractivity contribution >= 4 is 21.8 Å². The summed E-state index contributed by atoms with van der Waals surface area (Å²) in [6.45, 7) is 2.65. The average Bonchev–Trinajstić information content (AvgIpc) is 2.67. The van der Waals surface area contributed by atoms with Gasteiger partial charge in [0.1, 0.15) is 5.75 Å². The Labute approximate surface area is 163 Å². The molecule has 0 saturated carbocycles. The van der Waals surface area contributed by atoms with E-state index in [1.165, 1.54) is 11.1 Å². The van der Waals surface area contributed by atoms with Crippen LogP contribution >= 0.6 is 15.9 Å². The van der Waals surface area contributed by atoms with Crippen LogP contribution in [0, 0.1) is 0 Å². The highest BCUT2D eigenvalue weighted by Crippen LogP contribution is 2.42. The third-order valence-electron chi connectivity index (χ3n) is 5.42. The number of benzene rings is 2. The van der Waals surface area contributed by atoms with E-state index in [-0.39, 0.29) is 11.3 Å². The van der Waals surface area contributed by atoms with Gasteiger partial charge in [0.25, 0.3) is 0 Å². The molecule has 0 unspecified atom stereocenters. The van der Waals surface area contributed by atoms with Crippen molar-refractivity contribution in [2.24, 2.45) is 5.73 Å². The number of hydrogen-bond donors (Lipinski definition) is 1. The van der Waals surface area contributed by atoms with E-state index >= 15 is 0 Å². The molecule has 0 radical (unpaired) electrons. The molecule has 0 aromatic heterocycles. The number of carbonyl (C=O) groups excluding carboxylic acids is 1. The maximum Gasteiger partial charge on any atom is 0.218 e. The standard InChI is InChI=1S/C21H25BrN2O2/c1-26-19-8-4-17(5-9-19)21(16-2-6-18(22)7-3-16)11-14-24(15-12-21)13-10-20(23)25/h2-9H,10-15H2,1H3,(H2,23,25). The van der Waals surface area contributed by atoms with Gasteiger partial charge in [0.2, 0.25) is 5.91 Å². The second-order valence-electron chi connectivity index (χ2n) is 6.88. The Kier molecular flexibility index (Phi) is 5.99. The summed E-state index contributed by atoms with van der Waals surface area (Å²) in [5.41, 5.74) is 7.94. The average molecular weight is 417 g/mol. The van der Waals surface area contributed by atoms with Crippen LogP contribution in [0.1, 0.15) is 30.4 Å². The SMILES string of the molecule is COc1ccc(C2(c3ccc(Br)cc3)CCN(CCC(N)=O)CC2)cc1. The van der Waals surface area contributed by atoms with Crippen molar-refractivity contribution in [2.45, 2.75) is 24.7 Å². The molecular formula is C21H25BrN2O2. The van der Waals surface area contributed by atoms with Gasteiger partial charge in [-0.3, -0.25) is 4.79 Å². The lowest BCUT2D eigenvalue weighted by Crippen LogP contribution is -2.44. The van der Waals surface area contributed by atoms with Gasteiger partial charge in [0.15, 0.2) is 0 Å². The quantitative estimate of drug-likeness (QED) is 0.780. The van der Waals surface area contributed by atoms with Gasteiger partial charge in [0.05, 0.1) is 7.11 Å². The molecule has 138 valence electrons. The molecule has 0 aliphatic carbocycles. The molecule has 1 amide bonds. The molecule has 0 atom stereocenters. The van der Waals surface area contributed by atoms with Gasteiger partial charge in [-0.25, -0.2) is 0 Å². The Morgan fingerprint density at radius 1 is 1.08 bits per heavy atom. The van der Waals surface area contributed by atoms with Gasteiger partial charge in [-0.15, -0.1) is 0 Å². The predicted octanol–water partition coefficient (Wildman–Crippen LogP) is 3.72. The summed E-state index contributed by atoms with van der Waals surface area (Å²) in [4.78, 5) is 13.4. The normalized spacial score (nSPS) is 17.0. The molecule has 2 N–H and O–H groups in total. The first kappa shape index (κ1) is 18.9. The summed E-state index contributed by atoms with van der Waals surface area (Å²) in [5, 5.41) is 0. The zero-order valence-corrected chi connectivity index (χ0v) is 16.7. The van der Waals surface area contributed by atoms with E-state index in [1.54, 1.807) is 7.11 Å². The van der Waals surface area contributed by atoms with Crippen molar-refractivity contribution in [3.05, 3.63) is 64.1 Å². The number of ether oxygens (including phenoxy) is 1. The fourth-order valence-electron chi connectivity index (χ4n) is 3.85. The molecule has 5 heteroatoms. The maximum atomic E-state index is 11.1. The van der Waals surface area contributed by atoms with Crippen LogP contribution in [0.25, 0.3) is 0 Å². The Morgan fingerprint density at radius 2 is 1.62 bits per heavy atom. The topological polar surface area (TPSA) is 55.6 Å². The summed E-state index contributed by atoms with van der Waals surface area (Å²) >= 11 is 3.54. The molecule has 1 fully saturated rings. The minimum Gasteiger partial charge on any atom is -0.497 e. The number of nitrogens with two attached hydrogens (primary N) is 1. The minimum atomic E-state index is -0.232. The Balaban J connectivity index is 1.88. The highest BCUT2D eigenvalue weighted by atomic mass is 79.9. The lowest BCUT2D eigenvalue weighted by Gasteiger charge is -2.43. The molecule has 1 aliphatic heterocycles. The van der Waals surface area contributed by atoms with E-state index in [9.17, 15) is 4.79 Å². The summed E-state index contributed by atoms with van der Waals surface area (Å²) in [6.07, 6.45) is 2.45. The fraction of sp³-hybridized carbons (Fsp3) is 0.381. The number of likely N-dealkylation sites (tertiary alicyclic amines) is 1. The fourth-order valence-corrected chi connectivity index (χ4v) is 4.11. The molecule has 4 nitrogen and oxygen atoms in total. The van der Waals surface area contributed by atoms with E-state index in [0.717, 1.165) is 42.7 Å². The number of methoxy groups -OCH3 is 1. The van der Waals surface area contributed by atoms with Gasteiger partial charge in [-0.1, -0.05) is 40.2 Å². The largest absolute Gasteiger partial charge is 0.497 e. The third-order valence-corrected chi connectivity index (χ3v) is 5.95. The van der Waals surface area contributed by atoms with Gasteiger partial charge in [-0.2, -0.15) is 0 Å². The van der Waals surface area contributed by atoms with E-state index < -0.39 is 0 Å². The second-order valence-corrected chi connectivity index (χ2v) is 7.79. The number of primary amides is 1. The molecular weight excluding hydrogens is 392 g/mol. The van der Waals surface area contributed by atoms with E-state index in [1.807, 2.05) is 12.1 Å². The minimum absolute atomic E-state index is 0.0177. The van der Waals surface area contributed by atoms with Crippen molar-refractivity contribution in [2.75, 3.05) is 26.7 Å². The zero-order chi connectivity index (χ0) is 18.6. The summed E-state index contributed by atoms with van der Waals surface area (Å²) in [6, 6.07) is 17.1. The molecule has 0 bridgehead atoms. The number of nitrogens with zero attached hydrogens (tertiary/aromatic N) is 1. The lowest BCUT2D eigenvalue weighted by atomic mass is 9.68. The molecule has 2 aromatic carbocycles.